The van der Waals surface area contributed by atoms with E-state index in [-0.39, 0.29) is 17.6 Å². The van der Waals surface area contributed by atoms with E-state index >= 15 is 4.39 Å². The monoisotopic (exact) mass is 582 g/mol. The van der Waals surface area contributed by atoms with Gasteiger partial charge in [-0.15, -0.1) is 11.3 Å². The van der Waals surface area contributed by atoms with E-state index < -0.39 is 15.8 Å². The summed E-state index contributed by atoms with van der Waals surface area (Å²) < 4.78 is 47.6. The molecule has 1 amide bonds. The van der Waals surface area contributed by atoms with Crippen molar-refractivity contribution in [3.05, 3.63) is 72.4 Å². The third kappa shape index (κ3) is 6.06. The number of thiophene rings is 1. The highest BCUT2D eigenvalue weighted by Gasteiger charge is 2.26. The number of piperazine rings is 1. The van der Waals surface area contributed by atoms with Gasteiger partial charge in [-0.2, -0.15) is 9.29 Å². The molecule has 2 aromatic carbocycles. The molecule has 0 radical (unpaired) electrons. The third-order valence-corrected chi connectivity index (χ3v) is 9.09. The summed E-state index contributed by atoms with van der Waals surface area (Å²) in [7, 11) is -3.26. The van der Waals surface area contributed by atoms with Crippen LogP contribution in [0.5, 0.6) is 11.6 Å². The Morgan fingerprint density at radius 2 is 1.93 bits per heavy atom. The van der Waals surface area contributed by atoms with Gasteiger partial charge in [0.15, 0.2) is 0 Å². The van der Waals surface area contributed by atoms with Crippen LogP contribution in [-0.4, -0.2) is 60.5 Å². The van der Waals surface area contributed by atoms with Gasteiger partial charge >= 0.3 is 0 Å². The number of rotatable bonds is 9. The first-order chi connectivity index (χ1) is 19.3. The van der Waals surface area contributed by atoms with Crippen molar-refractivity contribution >= 4 is 60.5 Å². The third-order valence-electron chi connectivity index (χ3n) is 6.32. The lowest BCUT2D eigenvalue weighted by atomic mass is 10.2. The number of hydrogen-bond donors (Lipinski definition) is 2. The Morgan fingerprint density at radius 3 is 2.65 bits per heavy atom. The Labute approximate surface area is 235 Å². The average molecular weight is 583 g/mol. The smallest absolute Gasteiger partial charge is 0.247 e. The van der Waals surface area contributed by atoms with Crippen LogP contribution < -0.4 is 20.3 Å². The fourth-order valence-electron chi connectivity index (χ4n) is 4.26. The second-order valence-corrected chi connectivity index (χ2v) is 12.1. The highest BCUT2D eigenvalue weighted by atomic mass is 32.2. The number of sulfonamides is 1. The van der Waals surface area contributed by atoms with Crippen LogP contribution in [0.3, 0.4) is 0 Å². The van der Waals surface area contributed by atoms with Gasteiger partial charge in [0.05, 0.1) is 17.0 Å². The minimum Gasteiger partial charge on any atom is -0.437 e. The number of carbonyl (C=O) groups excluding carboxylic acids is 1. The summed E-state index contributed by atoms with van der Waals surface area (Å²) in [5.41, 5.74) is 2.05. The van der Waals surface area contributed by atoms with Crippen LogP contribution in [0.1, 0.15) is 6.92 Å². The summed E-state index contributed by atoms with van der Waals surface area (Å²) in [6.45, 7) is 6.51. The molecular weight excluding hydrogens is 555 g/mol. The highest BCUT2D eigenvalue weighted by molar-refractivity contribution is 7.89. The van der Waals surface area contributed by atoms with Crippen molar-refractivity contribution in [3.63, 3.8) is 0 Å². The van der Waals surface area contributed by atoms with Crippen LogP contribution in [0.4, 0.5) is 27.4 Å². The van der Waals surface area contributed by atoms with Crippen LogP contribution in [0, 0.1) is 5.82 Å². The molecule has 10 nitrogen and oxygen atoms in total. The summed E-state index contributed by atoms with van der Waals surface area (Å²) in [4.78, 5) is 22.5. The number of carbonyl (C=O) groups is 1. The lowest BCUT2D eigenvalue weighted by Crippen LogP contribution is -2.49. The maximum atomic E-state index is 15.1. The predicted octanol–water partition coefficient (Wildman–Crippen LogP) is 4.96. The zero-order chi connectivity index (χ0) is 28.3. The lowest BCUT2D eigenvalue weighted by Gasteiger charge is -2.35. The molecule has 3 heterocycles. The molecule has 0 aliphatic carbocycles. The summed E-state index contributed by atoms with van der Waals surface area (Å²) in [6.07, 6.45) is 1.18. The summed E-state index contributed by atoms with van der Waals surface area (Å²) in [5, 5.41) is 7.61. The summed E-state index contributed by atoms with van der Waals surface area (Å²) in [5.74, 6) is 0.269. The molecule has 0 atom stereocenters. The van der Waals surface area contributed by atoms with Gasteiger partial charge in [-0.25, -0.2) is 17.8 Å². The van der Waals surface area contributed by atoms with Crippen molar-refractivity contribution < 1.29 is 22.3 Å². The maximum Gasteiger partial charge on any atom is 0.247 e. The Bertz CT molecular complexity index is 1670. The normalized spacial score (nSPS) is 14.2. The van der Waals surface area contributed by atoms with Crippen molar-refractivity contribution in [2.24, 2.45) is 0 Å². The molecule has 13 heteroatoms. The number of nitrogens with zero attached hydrogens (tertiary/aromatic N) is 4. The van der Waals surface area contributed by atoms with E-state index in [1.165, 1.54) is 27.8 Å². The number of ether oxygens (including phenoxy) is 1. The van der Waals surface area contributed by atoms with Crippen molar-refractivity contribution in [1.82, 2.24) is 14.3 Å². The van der Waals surface area contributed by atoms with Gasteiger partial charge in [0.1, 0.15) is 16.3 Å². The lowest BCUT2D eigenvalue weighted by molar-refractivity contribution is -0.111. The van der Waals surface area contributed by atoms with E-state index in [1.807, 2.05) is 16.3 Å². The standard InChI is InChI=1S/C27H27FN6O4S2/c1-3-24(35)29-18-6-5-7-20(16-18)38-26-25-22(10-15-39-25)31-27(32-26)30-19-8-9-23(21(28)17-19)33-11-13-34(14-12-33)40(36,37)4-2/h3,5-10,15-17H,1,4,11-14H2,2H3,(H,29,35)(H,30,31,32). The molecule has 0 spiro atoms. The molecule has 5 rings (SSSR count). The number of benzene rings is 2. The van der Waals surface area contributed by atoms with Gasteiger partial charge in [0, 0.05) is 43.6 Å². The SMILES string of the molecule is C=CC(=O)Nc1cccc(Oc2nc(Nc3ccc(N4CCN(S(=O)(=O)CC)CC4)c(F)c3)nc3ccsc23)c1. The molecule has 2 aromatic heterocycles. The fourth-order valence-corrected chi connectivity index (χ4v) is 6.10. The second-order valence-electron chi connectivity index (χ2n) is 8.89. The highest BCUT2D eigenvalue weighted by Crippen LogP contribution is 2.34. The average Bonchev–Trinajstić information content (AvgIpc) is 3.42. The Morgan fingerprint density at radius 1 is 1.12 bits per heavy atom. The Balaban J connectivity index is 1.33. The van der Waals surface area contributed by atoms with Crippen LogP contribution in [0.15, 0.2) is 66.6 Å². The van der Waals surface area contributed by atoms with Gasteiger partial charge < -0.3 is 20.3 Å². The molecule has 1 saturated heterocycles. The molecule has 208 valence electrons. The van der Waals surface area contributed by atoms with Gasteiger partial charge in [-0.3, -0.25) is 4.79 Å². The quantitative estimate of drug-likeness (QED) is 0.266. The molecular formula is C27H27FN6O4S2. The van der Waals surface area contributed by atoms with Crippen LogP contribution in [0.2, 0.25) is 0 Å². The molecule has 0 unspecified atom stereocenters. The first kappa shape index (κ1) is 27.5. The number of anilines is 4. The predicted molar refractivity (Wildman–Crippen MR) is 156 cm³/mol. The zero-order valence-corrected chi connectivity index (χ0v) is 23.3. The first-order valence-electron chi connectivity index (χ1n) is 12.5. The molecule has 1 aliphatic heterocycles. The van der Waals surface area contributed by atoms with Gasteiger partial charge in [-0.05, 0) is 54.8 Å². The Hall–Kier alpha value is -4.07. The van der Waals surface area contributed by atoms with Crippen LogP contribution >= 0.6 is 11.3 Å². The van der Waals surface area contributed by atoms with E-state index in [9.17, 15) is 13.2 Å². The van der Waals surface area contributed by atoms with E-state index in [4.69, 9.17) is 4.74 Å². The van der Waals surface area contributed by atoms with Gasteiger partial charge in [0.25, 0.3) is 0 Å². The maximum absolute atomic E-state index is 15.1. The number of halogens is 1. The Kier molecular flexibility index (Phi) is 7.96. The van der Waals surface area contributed by atoms with Crippen molar-refractivity contribution in [2.45, 2.75) is 6.92 Å². The molecule has 0 bridgehead atoms. The van der Waals surface area contributed by atoms with E-state index in [0.29, 0.717) is 60.4 Å². The molecule has 2 N–H and O–H groups in total. The molecule has 4 aromatic rings. The van der Waals surface area contributed by atoms with E-state index in [2.05, 4.69) is 27.2 Å². The largest absolute Gasteiger partial charge is 0.437 e. The summed E-state index contributed by atoms with van der Waals surface area (Å²) in [6, 6.07) is 13.5. The zero-order valence-electron chi connectivity index (χ0n) is 21.6. The fraction of sp³-hybridized carbons (Fsp3) is 0.222. The van der Waals surface area contributed by atoms with Crippen molar-refractivity contribution in [3.8, 4) is 11.6 Å². The first-order valence-corrected chi connectivity index (χ1v) is 15.0. The van der Waals surface area contributed by atoms with E-state index in [1.54, 1.807) is 43.3 Å². The topological polar surface area (TPSA) is 117 Å². The summed E-state index contributed by atoms with van der Waals surface area (Å²) >= 11 is 1.42. The molecule has 1 fully saturated rings. The van der Waals surface area contributed by atoms with Gasteiger partial charge in [-0.1, -0.05) is 12.6 Å². The van der Waals surface area contributed by atoms with E-state index in [0.717, 1.165) is 4.70 Å². The molecule has 1 aliphatic rings. The minimum absolute atomic E-state index is 0.0497. The molecule has 40 heavy (non-hydrogen) atoms. The van der Waals surface area contributed by atoms with Crippen molar-refractivity contribution in [1.29, 1.82) is 0 Å². The van der Waals surface area contributed by atoms with Crippen molar-refractivity contribution in [2.75, 3.05) is 47.5 Å². The van der Waals surface area contributed by atoms with Crippen LogP contribution in [0.25, 0.3) is 10.2 Å². The number of nitrogens with one attached hydrogen (secondary N) is 2. The minimum atomic E-state index is -3.26. The number of hydrogen-bond acceptors (Lipinski definition) is 9. The van der Waals surface area contributed by atoms with Crippen LogP contribution in [-0.2, 0) is 14.8 Å². The second kappa shape index (κ2) is 11.6. The number of fused-ring (bicyclic) bond motifs is 1. The number of amides is 1. The van der Waals surface area contributed by atoms with Gasteiger partial charge in [0.2, 0.25) is 27.8 Å². The number of aromatic nitrogens is 2. The molecule has 0 saturated carbocycles.